The van der Waals surface area contributed by atoms with Crippen molar-refractivity contribution in [2.45, 2.75) is 38.6 Å². The van der Waals surface area contributed by atoms with Gasteiger partial charge in [0.2, 0.25) is 0 Å². The van der Waals surface area contributed by atoms with Gasteiger partial charge in [0.25, 0.3) is 5.91 Å². The van der Waals surface area contributed by atoms with Gasteiger partial charge in [-0.15, -0.1) is 0 Å². The summed E-state index contributed by atoms with van der Waals surface area (Å²) in [7, 11) is 5.66. The van der Waals surface area contributed by atoms with Crippen LogP contribution in [0.4, 0.5) is 11.4 Å². The second-order valence-corrected chi connectivity index (χ2v) is 6.42. The Balaban J connectivity index is 2.36. The Bertz CT molecular complexity index is 513. The summed E-state index contributed by atoms with van der Waals surface area (Å²) in [4.78, 5) is 16.3. The SMILES string of the molecule is CC1CCCCC1N(C)c1cc(N)ccc1C(=O)N(C)C. The Labute approximate surface area is 127 Å². The van der Waals surface area contributed by atoms with E-state index in [9.17, 15) is 4.79 Å². The van der Waals surface area contributed by atoms with Crippen molar-refractivity contribution in [1.82, 2.24) is 4.90 Å². The molecule has 1 amide bonds. The lowest BCUT2D eigenvalue weighted by atomic mass is 9.84. The molecule has 0 bridgehead atoms. The van der Waals surface area contributed by atoms with Gasteiger partial charge in [-0.05, 0) is 37.0 Å². The smallest absolute Gasteiger partial charge is 0.255 e. The predicted molar refractivity (Wildman–Crippen MR) is 88.7 cm³/mol. The van der Waals surface area contributed by atoms with E-state index in [-0.39, 0.29) is 5.91 Å². The molecule has 1 fully saturated rings. The molecule has 1 aliphatic rings. The zero-order valence-corrected chi connectivity index (χ0v) is 13.6. The number of nitrogens with zero attached hydrogens (tertiary/aromatic N) is 2. The minimum Gasteiger partial charge on any atom is -0.399 e. The fourth-order valence-corrected chi connectivity index (χ4v) is 3.31. The Morgan fingerprint density at radius 3 is 2.48 bits per heavy atom. The van der Waals surface area contributed by atoms with Gasteiger partial charge in [-0.1, -0.05) is 19.8 Å². The molecule has 0 aromatic heterocycles. The molecule has 1 saturated carbocycles. The van der Waals surface area contributed by atoms with Crippen LogP contribution in [0.25, 0.3) is 0 Å². The summed E-state index contributed by atoms with van der Waals surface area (Å²) in [5.74, 6) is 0.674. The van der Waals surface area contributed by atoms with Gasteiger partial charge >= 0.3 is 0 Å². The number of hydrogen-bond acceptors (Lipinski definition) is 3. The lowest BCUT2D eigenvalue weighted by Gasteiger charge is -2.38. The maximum absolute atomic E-state index is 12.4. The van der Waals surface area contributed by atoms with Gasteiger partial charge in [-0.3, -0.25) is 4.79 Å². The maximum atomic E-state index is 12.4. The van der Waals surface area contributed by atoms with Gasteiger partial charge in [0.05, 0.1) is 11.3 Å². The summed E-state index contributed by atoms with van der Waals surface area (Å²) in [6, 6.07) is 6.06. The van der Waals surface area contributed by atoms with Crippen LogP contribution in [0.1, 0.15) is 43.0 Å². The zero-order chi connectivity index (χ0) is 15.6. The second kappa shape index (κ2) is 6.37. The summed E-state index contributed by atoms with van der Waals surface area (Å²) >= 11 is 0. The first-order valence-corrected chi connectivity index (χ1v) is 7.76. The molecule has 0 heterocycles. The van der Waals surface area contributed by atoms with Crippen LogP contribution in [0.5, 0.6) is 0 Å². The number of rotatable bonds is 3. The highest BCUT2D eigenvalue weighted by Gasteiger charge is 2.27. The van der Waals surface area contributed by atoms with Crippen LogP contribution in [0.2, 0.25) is 0 Å². The molecule has 1 aliphatic carbocycles. The van der Waals surface area contributed by atoms with Gasteiger partial charge in [0, 0.05) is 32.9 Å². The van der Waals surface area contributed by atoms with Gasteiger partial charge in [0.15, 0.2) is 0 Å². The molecule has 2 N–H and O–H groups in total. The van der Waals surface area contributed by atoms with Gasteiger partial charge < -0.3 is 15.5 Å². The van der Waals surface area contributed by atoms with Crippen molar-refractivity contribution in [2.75, 3.05) is 31.8 Å². The second-order valence-electron chi connectivity index (χ2n) is 6.42. The molecule has 2 unspecified atom stereocenters. The first kappa shape index (κ1) is 15.7. The average Bonchev–Trinajstić information content (AvgIpc) is 2.46. The maximum Gasteiger partial charge on any atom is 0.255 e. The predicted octanol–water partition coefficient (Wildman–Crippen LogP) is 2.99. The summed E-state index contributed by atoms with van der Waals surface area (Å²) in [6.07, 6.45) is 5.01. The molecule has 0 saturated heterocycles. The third kappa shape index (κ3) is 3.31. The number of anilines is 2. The van der Waals surface area contributed by atoms with E-state index in [1.165, 1.54) is 25.7 Å². The topological polar surface area (TPSA) is 49.6 Å². The molecular weight excluding hydrogens is 262 g/mol. The number of nitrogen functional groups attached to an aromatic ring is 1. The number of hydrogen-bond donors (Lipinski definition) is 1. The van der Waals surface area contributed by atoms with E-state index in [4.69, 9.17) is 5.73 Å². The van der Waals surface area contributed by atoms with E-state index < -0.39 is 0 Å². The molecule has 1 aromatic rings. The quantitative estimate of drug-likeness (QED) is 0.870. The van der Waals surface area contributed by atoms with E-state index in [2.05, 4.69) is 18.9 Å². The normalized spacial score (nSPS) is 21.9. The van der Waals surface area contributed by atoms with Crippen molar-refractivity contribution in [2.24, 2.45) is 5.92 Å². The molecule has 4 heteroatoms. The minimum atomic E-state index is 0.0281. The van der Waals surface area contributed by atoms with E-state index >= 15 is 0 Å². The fraction of sp³-hybridized carbons (Fsp3) is 0.588. The number of amides is 1. The molecule has 2 atom stereocenters. The third-order valence-electron chi connectivity index (χ3n) is 4.60. The van der Waals surface area contributed by atoms with Gasteiger partial charge in [0.1, 0.15) is 0 Å². The van der Waals surface area contributed by atoms with Crippen molar-refractivity contribution in [3.63, 3.8) is 0 Å². The van der Waals surface area contributed by atoms with Crippen LogP contribution >= 0.6 is 0 Å². The molecule has 0 radical (unpaired) electrons. The first-order chi connectivity index (χ1) is 9.91. The first-order valence-electron chi connectivity index (χ1n) is 7.76. The number of benzene rings is 1. The Hall–Kier alpha value is -1.71. The summed E-state index contributed by atoms with van der Waals surface area (Å²) in [5, 5.41) is 0. The van der Waals surface area contributed by atoms with Crippen molar-refractivity contribution in [1.29, 1.82) is 0 Å². The monoisotopic (exact) mass is 289 g/mol. The van der Waals surface area contributed by atoms with Crippen molar-refractivity contribution >= 4 is 17.3 Å². The van der Waals surface area contributed by atoms with Gasteiger partial charge in [-0.25, -0.2) is 0 Å². The highest BCUT2D eigenvalue weighted by molar-refractivity contribution is 6.00. The molecule has 0 aliphatic heterocycles. The van der Waals surface area contributed by atoms with Crippen LogP contribution in [0, 0.1) is 5.92 Å². The summed E-state index contributed by atoms with van der Waals surface area (Å²) in [6.45, 7) is 2.31. The third-order valence-corrected chi connectivity index (χ3v) is 4.60. The van der Waals surface area contributed by atoms with Crippen molar-refractivity contribution in [3.8, 4) is 0 Å². The highest BCUT2D eigenvalue weighted by Crippen LogP contribution is 2.33. The standard InChI is InChI=1S/C17H27N3O/c1-12-7-5-6-8-15(12)20(4)16-11-13(18)9-10-14(16)17(21)19(2)3/h9-12,15H,5-8,18H2,1-4H3. The Kier molecular flexibility index (Phi) is 4.76. The average molecular weight is 289 g/mol. The summed E-state index contributed by atoms with van der Waals surface area (Å²) in [5.41, 5.74) is 8.34. The van der Waals surface area contributed by atoms with Crippen molar-refractivity contribution < 1.29 is 4.79 Å². The van der Waals surface area contributed by atoms with Crippen LogP contribution in [-0.4, -0.2) is 38.0 Å². The number of nitrogens with two attached hydrogens (primary N) is 1. The van der Waals surface area contributed by atoms with E-state index in [1.807, 2.05) is 12.1 Å². The molecule has 2 rings (SSSR count). The Morgan fingerprint density at radius 2 is 1.86 bits per heavy atom. The number of carbonyl (C=O) groups is 1. The molecule has 4 nitrogen and oxygen atoms in total. The Morgan fingerprint density at radius 1 is 1.19 bits per heavy atom. The fourth-order valence-electron chi connectivity index (χ4n) is 3.31. The molecule has 116 valence electrons. The molecular formula is C17H27N3O. The summed E-state index contributed by atoms with van der Waals surface area (Å²) < 4.78 is 0. The lowest BCUT2D eigenvalue weighted by molar-refractivity contribution is 0.0828. The van der Waals surface area contributed by atoms with Crippen molar-refractivity contribution in [3.05, 3.63) is 23.8 Å². The molecule has 0 spiro atoms. The number of carbonyl (C=O) groups excluding carboxylic acids is 1. The van der Waals surface area contributed by atoms with Gasteiger partial charge in [-0.2, -0.15) is 0 Å². The molecule has 21 heavy (non-hydrogen) atoms. The molecule has 1 aromatic carbocycles. The lowest BCUT2D eigenvalue weighted by Crippen LogP contribution is -2.40. The van der Waals surface area contributed by atoms with Crippen LogP contribution < -0.4 is 10.6 Å². The van der Waals surface area contributed by atoms with Crippen LogP contribution in [-0.2, 0) is 0 Å². The zero-order valence-electron chi connectivity index (χ0n) is 13.6. The van der Waals surface area contributed by atoms with E-state index in [0.29, 0.717) is 17.6 Å². The minimum absolute atomic E-state index is 0.0281. The van der Waals surface area contributed by atoms with E-state index in [1.54, 1.807) is 25.1 Å². The van der Waals surface area contributed by atoms with E-state index in [0.717, 1.165) is 11.3 Å². The largest absolute Gasteiger partial charge is 0.399 e. The van der Waals surface area contributed by atoms with Crippen LogP contribution in [0.15, 0.2) is 18.2 Å². The highest BCUT2D eigenvalue weighted by atomic mass is 16.2. The van der Waals surface area contributed by atoms with Crippen LogP contribution in [0.3, 0.4) is 0 Å².